The molecule has 0 aromatic heterocycles. The molecule has 0 aliphatic carbocycles. The number of nitrogens with zero attached hydrogens (tertiary/aromatic N) is 1. The quantitative estimate of drug-likeness (QED) is 0.349. The van der Waals surface area contributed by atoms with E-state index < -0.39 is 18.1 Å². The summed E-state index contributed by atoms with van der Waals surface area (Å²) in [6.45, 7) is 2.29. The number of likely N-dealkylation sites (tertiary alicyclic amines) is 1. The molecule has 1 heterocycles. The number of halogens is 6. The molecule has 1 unspecified atom stereocenters. The predicted octanol–water partition coefficient (Wildman–Crippen LogP) is 7.65. The number of benzene rings is 3. The van der Waals surface area contributed by atoms with Gasteiger partial charge in [-0.1, -0.05) is 48.5 Å². The molecular weight excluding hydrogens is 456 g/mol. The summed E-state index contributed by atoms with van der Waals surface area (Å²) in [6, 6.07) is 18.9. The Kier molecular flexibility index (Phi) is 6.89. The van der Waals surface area contributed by atoms with Crippen LogP contribution in [-0.2, 0) is 12.7 Å². The Morgan fingerprint density at radius 2 is 1.53 bits per heavy atom. The largest absolute Gasteiger partial charge is 0.573 e. The normalized spacial score (nSPS) is 17.5. The summed E-state index contributed by atoms with van der Waals surface area (Å²) < 4.78 is 79.5. The first-order valence-electron chi connectivity index (χ1n) is 10.9. The summed E-state index contributed by atoms with van der Waals surface area (Å²) in [5.74, 6) is 0.0174. The molecule has 1 fully saturated rings. The van der Waals surface area contributed by atoms with Crippen molar-refractivity contribution in [3.8, 4) is 16.9 Å². The number of hydrogen-bond acceptors (Lipinski definition) is 2. The summed E-state index contributed by atoms with van der Waals surface area (Å²) in [5, 5.41) is 0. The highest BCUT2D eigenvalue weighted by atomic mass is 19.4. The third-order valence-corrected chi connectivity index (χ3v) is 5.97. The average Bonchev–Trinajstić information content (AvgIpc) is 2.79. The monoisotopic (exact) mass is 479 g/mol. The van der Waals surface area contributed by atoms with E-state index >= 15 is 0 Å². The van der Waals surface area contributed by atoms with E-state index in [-0.39, 0.29) is 11.7 Å². The molecule has 34 heavy (non-hydrogen) atoms. The maximum Gasteiger partial charge on any atom is 0.573 e. The summed E-state index contributed by atoms with van der Waals surface area (Å²) in [4.78, 5) is 2.26. The van der Waals surface area contributed by atoms with Crippen molar-refractivity contribution in [2.75, 3.05) is 13.1 Å². The Labute approximate surface area is 193 Å². The standard InChI is InChI=1S/C26H23F6NO/c27-25(28,29)23-10-8-19(9-11-23)20-3-1-4-21(15-20)22-5-2-14-33(17-22)16-18-6-12-24(13-7-18)34-26(30,31)32/h1,3-4,6-13,15,22H,2,5,14,16-17H2. The van der Waals surface area contributed by atoms with Gasteiger partial charge in [-0.05, 0) is 71.8 Å². The van der Waals surface area contributed by atoms with Gasteiger partial charge in [0.1, 0.15) is 5.75 Å². The van der Waals surface area contributed by atoms with Gasteiger partial charge in [0.05, 0.1) is 5.56 Å². The van der Waals surface area contributed by atoms with Gasteiger partial charge in [0, 0.05) is 13.1 Å². The van der Waals surface area contributed by atoms with Gasteiger partial charge in [0.15, 0.2) is 0 Å². The van der Waals surface area contributed by atoms with Crippen LogP contribution in [0, 0.1) is 0 Å². The highest BCUT2D eigenvalue weighted by Gasteiger charge is 2.31. The molecule has 180 valence electrons. The van der Waals surface area contributed by atoms with Gasteiger partial charge in [0.25, 0.3) is 0 Å². The molecule has 3 aromatic carbocycles. The Morgan fingerprint density at radius 1 is 0.824 bits per heavy atom. The van der Waals surface area contributed by atoms with Crippen molar-refractivity contribution in [3.05, 3.63) is 89.5 Å². The predicted molar refractivity (Wildman–Crippen MR) is 117 cm³/mol. The fraction of sp³-hybridized carbons (Fsp3) is 0.308. The maximum atomic E-state index is 12.9. The van der Waals surface area contributed by atoms with E-state index in [1.807, 2.05) is 24.3 Å². The first-order valence-corrected chi connectivity index (χ1v) is 10.9. The lowest BCUT2D eigenvalue weighted by atomic mass is 9.88. The fourth-order valence-corrected chi connectivity index (χ4v) is 4.35. The first kappa shape index (κ1) is 24.1. The van der Waals surface area contributed by atoms with E-state index in [1.54, 1.807) is 12.1 Å². The van der Waals surface area contributed by atoms with Crippen molar-refractivity contribution in [1.82, 2.24) is 4.90 Å². The smallest absolute Gasteiger partial charge is 0.406 e. The molecule has 0 N–H and O–H groups in total. The molecule has 1 aliphatic rings. The highest BCUT2D eigenvalue weighted by molar-refractivity contribution is 5.64. The minimum atomic E-state index is -4.71. The zero-order chi connectivity index (χ0) is 24.3. The summed E-state index contributed by atoms with van der Waals surface area (Å²) in [6.07, 6.45) is -7.11. The molecule has 1 atom stereocenters. The van der Waals surface area contributed by atoms with Gasteiger partial charge in [-0.2, -0.15) is 13.2 Å². The molecule has 4 rings (SSSR count). The van der Waals surface area contributed by atoms with Gasteiger partial charge in [-0.3, -0.25) is 4.90 Å². The second-order valence-electron chi connectivity index (χ2n) is 8.47. The van der Waals surface area contributed by atoms with Crippen molar-refractivity contribution in [3.63, 3.8) is 0 Å². The summed E-state index contributed by atoms with van der Waals surface area (Å²) >= 11 is 0. The number of alkyl halides is 6. The van der Waals surface area contributed by atoms with Crippen molar-refractivity contribution < 1.29 is 31.1 Å². The molecule has 0 amide bonds. The van der Waals surface area contributed by atoms with Crippen molar-refractivity contribution >= 4 is 0 Å². The molecule has 0 radical (unpaired) electrons. The van der Waals surface area contributed by atoms with Crippen LogP contribution in [0.3, 0.4) is 0 Å². The molecule has 0 saturated carbocycles. The summed E-state index contributed by atoms with van der Waals surface area (Å²) in [7, 11) is 0. The number of hydrogen-bond donors (Lipinski definition) is 0. The zero-order valence-electron chi connectivity index (χ0n) is 18.2. The van der Waals surface area contributed by atoms with E-state index in [9.17, 15) is 26.3 Å². The first-order chi connectivity index (χ1) is 16.1. The molecule has 1 saturated heterocycles. The number of ether oxygens (including phenoxy) is 1. The minimum absolute atomic E-state index is 0.243. The van der Waals surface area contributed by atoms with Gasteiger partial charge in [-0.15, -0.1) is 13.2 Å². The Hall–Kier alpha value is -3.00. The van der Waals surface area contributed by atoms with Crippen LogP contribution in [0.2, 0.25) is 0 Å². The molecule has 1 aliphatic heterocycles. The second kappa shape index (κ2) is 9.70. The number of rotatable bonds is 5. The third kappa shape index (κ3) is 6.32. The molecule has 3 aromatic rings. The maximum absolute atomic E-state index is 12.9. The molecule has 0 spiro atoms. The van der Waals surface area contributed by atoms with E-state index in [0.717, 1.165) is 60.3 Å². The van der Waals surface area contributed by atoms with Crippen LogP contribution in [-0.4, -0.2) is 24.4 Å². The molecule has 0 bridgehead atoms. The van der Waals surface area contributed by atoms with E-state index in [1.165, 1.54) is 24.3 Å². The molecular formula is C26H23F6NO. The van der Waals surface area contributed by atoms with Crippen molar-refractivity contribution in [1.29, 1.82) is 0 Å². The van der Waals surface area contributed by atoms with Crippen LogP contribution < -0.4 is 4.74 Å². The lowest BCUT2D eigenvalue weighted by molar-refractivity contribution is -0.274. The zero-order valence-corrected chi connectivity index (χ0v) is 18.2. The van der Waals surface area contributed by atoms with Crippen LogP contribution in [0.4, 0.5) is 26.3 Å². The Bertz CT molecular complexity index is 1090. The minimum Gasteiger partial charge on any atom is -0.406 e. The lowest BCUT2D eigenvalue weighted by Gasteiger charge is -2.33. The topological polar surface area (TPSA) is 12.5 Å². The van der Waals surface area contributed by atoms with E-state index in [2.05, 4.69) is 9.64 Å². The summed E-state index contributed by atoms with van der Waals surface area (Å²) in [5.41, 5.74) is 2.94. The van der Waals surface area contributed by atoms with Gasteiger partial charge < -0.3 is 4.74 Å². The highest BCUT2D eigenvalue weighted by Crippen LogP contribution is 2.33. The molecule has 2 nitrogen and oxygen atoms in total. The van der Waals surface area contributed by atoms with Crippen LogP contribution in [0.1, 0.15) is 35.4 Å². The lowest BCUT2D eigenvalue weighted by Crippen LogP contribution is -2.33. The average molecular weight is 479 g/mol. The third-order valence-electron chi connectivity index (χ3n) is 5.97. The van der Waals surface area contributed by atoms with Crippen molar-refractivity contribution in [2.45, 2.75) is 37.8 Å². The van der Waals surface area contributed by atoms with Gasteiger partial charge in [-0.25, -0.2) is 0 Å². The van der Waals surface area contributed by atoms with Crippen molar-refractivity contribution in [2.24, 2.45) is 0 Å². The van der Waals surface area contributed by atoms with Crippen LogP contribution in [0.15, 0.2) is 72.8 Å². The SMILES string of the molecule is FC(F)(F)Oc1ccc(CN2CCCC(c3cccc(-c4ccc(C(F)(F)F)cc4)c3)C2)cc1. The second-order valence-corrected chi connectivity index (χ2v) is 8.47. The van der Waals surface area contributed by atoms with Crippen LogP contribution in [0.25, 0.3) is 11.1 Å². The van der Waals surface area contributed by atoms with Crippen LogP contribution in [0.5, 0.6) is 5.75 Å². The van der Waals surface area contributed by atoms with Crippen LogP contribution >= 0.6 is 0 Å². The van der Waals surface area contributed by atoms with E-state index in [4.69, 9.17) is 0 Å². The number of piperidine rings is 1. The van der Waals surface area contributed by atoms with Gasteiger partial charge >= 0.3 is 12.5 Å². The Morgan fingerprint density at radius 3 is 2.18 bits per heavy atom. The Balaban J connectivity index is 1.42. The molecule has 8 heteroatoms. The van der Waals surface area contributed by atoms with Gasteiger partial charge in [0.2, 0.25) is 0 Å². The fourth-order valence-electron chi connectivity index (χ4n) is 4.35. The van der Waals surface area contributed by atoms with E-state index in [0.29, 0.717) is 6.54 Å².